The Labute approximate surface area is 107 Å². The summed E-state index contributed by atoms with van der Waals surface area (Å²) in [5, 5.41) is 1.22. The van der Waals surface area contributed by atoms with Crippen LogP contribution in [0, 0.1) is 5.92 Å². The fourth-order valence-corrected chi connectivity index (χ4v) is 2.82. The molecule has 0 saturated carbocycles. The van der Waals surface area contributed by atoms with Crippen molar-refractivity contribution in [3.63, 3.8) is 0 Å². The minimum absolute atomic E-state index is 0.431. The van der Waals surface area contributed by atoms with Gasteiger partial charge >= 0.3 is 0 Å². The first-order chi connectivity index (χ1) is 7.59. The highest BCUT2D eigenvalue weighted by molar-refractivity contribution is 8.03. The summed E-state index contributed by atoms with van der Waals surface area (Å²) in [7, 11) is 2.09. The van der Waals surface area contributed by atoms with Crippen molar-refractivity contribution < 1.29 is 0 Å². The minimum Gasteiger partial charge on any atom is -0.338 e. The first kappa shape index (κ1) is 11.7. The number of nitrogens with zero attached hydrogens (tertiary/aromatic N) is 1. The van der Waals surface area contributed by atoms with Gasteiger partial charge in [-0.2, -0.15) is 0 Å². The molecule has 0 spiro atoms. The van der Waals surface area contributed by atoms with E-state index in [4.69, 9.17) is 12.2 Å². The van der Waals surface area contributed by atoms with Gasteiger partial charge in [0.25, 0.3) is 0 Å². The van der Waals surface area contributed by atoms with Gasteiger partial charge in [0.15, 0.2) is 0 Å². The highest BCUT2D eigenvalue weighted by Crippen LogP contribution is 2.44. The highest BCUT2D eigenvalue weighted by Gasteiger charge is 2.21. The first-order valence-electron chi connectivity index (χ1n) is 5.35. The van der Waals surface area contributed by atoms with E-state index in [1.807, 2.05) is 0 Å². The number of hydrogen-bond donors (Lipinski definition) is 0. The summed E-state index contributed by atoms with van der Waals surface area (Å²) in [6.45, 7) is 4.26. The lowest BCUT2D eigenvalue weighted by molar-refractivity contribution is 0.904. The molecule has 1 nitrogen and oxygen atoms in total. The van der Waals surface area contributed by atoms with Crippen molar-refractivity contribution in [1.82, 2.24) is 0 Å². The van der Waals surface area contributed by atoms with Gasteiger partial charge in [-0.3, -0.25) is 0 Å². The topological polar surface area (TPSA) is 3.24 Å². The standard InChI is InChI=1S/C13H15NS2/c1-9(2)11(15)8-13-14(3)10-6-4-5-7-12(10)16-13/h4-9H,1-3H3. The van der Waals surface area contributed by atoms with Crippen LogP contribution in [0.25, 0.3) is 0 Å². The summed E-state index contributed by atoms with van der Waals surface area (Å²) < 4.78 is 0. The van der Waals surface area contributed by atoms with Crippen LogP contribution in [-0.4, -0.2) is 11.9 Å². The zero-order chi connectivity index (χ0) is 11.7. The number of thioether (sulfide) groups is 1. The lowest BCUT2D eigenvalue weighted by Crippen LogP contribution is -2.12. The number of benzene rings is 1. The maximum atomic E-state index is 5.36. The molecule has 0 bridgehead atoms. The minimum atomic E-state index is 0.431. The van der Waals surface area contributed by atoms with E-state index in [0.29, 0.717) is 5.92 Å². The van der Waals surface area contributed by atoms with Gasteiger partial charge in [0.2, 0.25) is 0 Å². The van der Waals surface area contributed by atoms with E-state index < -0.39 is 0 Å². The summed E-state index contributed by atoms with van der Waals surface area (Å²) in [6.07, 6.45) is 2.12. The Hall–Kier alpha value is -0.800. The quantitative estimate of drug-likeness (QED) is 0.574. The Morgan fingerprint density at radius 1 is 1.38 bits per heavy atom. The summed E-state index contributed by atoms with van der Waals surface area (Å²) in [5.41, 5.74) is 1.27. The van der Waals surface area contributed by atoms with Gasteiger partial charge in [0.05, 0.1) is 10.7 Å². The van der Waals surface area contributed by atoms with Crippen molar-refractivity contribution in [2.75, 3.05) is 11.9 Å². The van der Waals surface area contributed by atoms with Crippen molar-refractivity contribution >= 4 is 34.5 Å². The molecule has 0 radical (unpaired) electrons. The fraction of sp³-hybridized carbons (Fsp3) is 0.308. The number of anilines is 1. The summed E-state index contributed by atoms with van der Waals surface area (Å²) >= 11 is 7.15. The van der Waals surface area contributed by atoms with Crippen LogP contribution in [0.3, 0.4) is 0 Å². The van der Waals surface area contributed by atoms with Crippen LogP contribution >= 0.6 is 24.0 Å². The van der Waals surface area contributed by atoms with Crippen LogP contribution < -0.4 is 4.90 Å². The molecule has 0 N–H and O–H groups in total. The van der Waals surface area contributed by atoms with E-state index in [9.17, 15) is 0 Å². The molecule has 0 saturated heterocycles. The zero-order valence-electron chi connectivity index (χ0n) is 9.73. The smallest absolute Gasteiger partial charge is 0.0810 e. The third-order valence-electron chi connectivity index (χ3n) is 2.61. The lowest BCUT2D eigenvalue weighted by Gasteiger charge is -2.14. The number of para-hydroxylation sites is 1. The normalized spacial score (nSPS) is 17.0. The number of fused-ring (bicyclic) bond motifs is 1. The van der Waals surface area contributed by atoms with Crippen LogP contribution in [0.5, 0.6) is 0 Å². The van der Waals surface area contributed by atoms with E-state index >= 15 is 0 Å². The Morgan fingerprint density at radius 2 is 2.06 bits per heavy atom. The number of rotatable bonds is 2. The first-order valence-corrected chi connectivity index (χ1v) is 6.58. The van der Waals surface area contributed by atoms with Gasteiger partial charge < -0.3 is 4.90 Å². The monoisotopic (exact) mass is 249 g/mol. The number of hydrogen-bond acceptors (Lipinski definition) is 3. The maximum absolute atomic E-state index is 5.36. The molecule has 1 heterocycles. The van der Waals surface area contributed by atoms with Gasteiger partial charge in [-0.05, 0) is 24.1 Å². The summed E-state index contributed by atoms with van der Waals surface area (Å²) in [6, 6.07) is 8.43. The second-order valence-corrected chi connectivity index (χ2v) is 5.70. The molecule has 3 heteroatoms. The molecule has 0 aromatic heterocycles. The van der Waals surface area contributed by atoms with E-state index in [2.05, 4.69) is 56.1 Å². The molecule has 0 aliphatic carbocycles. The Balaban J connectivity index is 2.28. The van der Waals surface area contributed by atoms with Crippen LogP contribution in [0.15, 0.2) is 40.3 Å². The SMILES string of the molecule is CC(C)C(=S)C=C1Sc2ccccc2N1C. The van der Waals surface area contributed by atoms with Gasteiger partial charge in [0, 0.05) is 16.8 Å². The molecule has 1 aliphatic heterocycles. The number of thiocarbonyl (C=S) groups is 1. The molecular formula is C13H15NS2. The van der Waals surface area contributed by atoms with Crippen LogP contribution in [0.1, 0.15) is 13.8 Å². The van der Waals surface area contributed by atoms with Crippen LogP contribution in [0.2, 0.25) is 0 Å². The van der Waals surface area contributed by atoms with Gasteiger partial charge in [-0.15, -0.1) is 0 Å². The largest absolute Gasteiger partial charge is 0.338 e. The molecule has 0 unspecified atom stereocenters. The third kappa shape index (κ3) is 2.15. The Bertz CT molecular complexity index is 449. The van der Waals surface area contributed by atoms with E-state index in [0.717, 1.165) is 4.86 Å². The fourth-order valence-electron chi connectivity index (χ4n) is 1.54. The molecule has 1 aromatic carbocycles. The average molecular weight is 249 g/mol. The molecular weight excluding hydrogens is 234 g/mol. The van der Waals surface area contributed by atoms with Gasteiger partial charge in [-0.25, -0.2) is 0 Å². The zero-order valence-corrected chi connectivity index (χ0v) is 11.4. The van der Waals surface area contributed by atoms with Crippen molar-refractivity contribution in [3.8, 4) is 0 Å². The van der Waals surface area contributed by atoms with Crippen molar-refractivity contribution in [2.24, 2.45) is 5.92 Å². The van der Waals surface area contributed by atoms with Crippen LogP contribution in [-0.2, 0) is 0 Å². The Morgan fingerprint density at radius 3 is 2.69 bits per heavy atom. The Kier molecular flexibility index (Phi) is 3.36. The van der Waals surface area contributed by atoms with Crippen molar-refractivity contribution in [3.05, 3.63) is 35.4 Å². The summed E-state index contributed by atoms with van der Waals surface area (Å²) in [5.74, 6) is 0.431. The van der Waals surface area contributed by atoms with Crippen molar-refractivity contribution in [1.29, 1.82) is 0 Å². The van der Waals surface area contributed by atoms with E-state index in [1.165, 1.54) is 15.6 Å². The predicted molar refractivity (Wildman–Crippen MR) is 76.2 cm³/mol. The molecule has 16 heavy (non-hydrogen) atoms. The molecule has 84 valence electrons. The van der Waals surface area contributed by atoms with E-state index in [-0.39, 0.29) is 0 Å². The molecule has 1 aromatic rings. The molecule has 0 fully saturated rings. The molecule has 2 rings (SSSR count). The average Bonchev–Trinajstić information content (AvgIpc) is 2.56. The summed E-state index contributed by atoms with van der Waals surface area (Å²) in [4.78, 5) is 4.53. The molecule has 0 atom stereocenters. The van der Waals surface area contributed by atoms with Gasteiger partial charge in [-0.1, -0.05) is 50.0 Å². The third-order valence-corrected chi connectivity index (χ3v) is 4.36. The maximum Gasteiger partial charge on any atom is 0.0810 e. The van der Waals surface area contributed by atoms with Gasteiger partial charge in [0.1, 0.15) is 0 Å². The van der Waals surface area contributed by atoms with E-state index in [1.54, 1.807) is 11.8 Å². The molecule has 1 aliphatic rings. The van der Waals surface area contributed by atoms with Crippen molar-refractivity contribution in [2.45, 2.75) is 18.7 Å². The second kappa shape index (κ2) is 4.60. The predicted octanol–water partition coefficient (Wildman–Crippen LogP) is 4.10. The second-order valence-electron chi connectivity index (χ2n) is 4.17. The molecule has 0 amide bonds. The lowest BCUT2D eigenvalue weighted by atomic mass is 10.1. The highest BCUT2D eigenvalue weighted by atomic mass is 32.2. The number of allylic oxidation sites excluding steroid dienone is 1. The van der Waals surface area contributed by atoms with Crippen LogP contribution in [0.4, 0.5) is 5.69 Å².